The molecule has 0 aromatic carbocycles. The Balaban J connectivity index is 2.41. The van der Waals surface area contributed by atoms with Crippen LogP contribution in [-0.4, -0.2) is 55.3 Å². The van der Waals surface area contributed by atoms with E-state index in [4.69, 9.17) is 10.9 Å². The maximum absolute atomic E-state index is 11.7. The highest BCUT2D eigenvalue weighted by Crippen LogP contribution is 2.12. The quantitative estimate of drug-likeness (QED) is 0.272. The van der Waals surface area contributed by atoms with Gasteiger partial charge in [0.2, 0.25) is 10.0 Å². The van der Waals surface area contributed by atoms with E-state index in [9.17, 15) is 8.42 Å². The number of amidine groups is 1. The SMILES string of the molecule is CC(C)S(=O)(=O)NC1CCN(CC(N)=NO)CC1. The number of hydrogen-bond acceptors (Lipinski definition) is 5. The Kier molecular flexibility index (Phi) is 5.36. The van der Waals surface area contributed by atoms with E-state index in [0.29, 0.717) is 6.54 Å². The van der Waals surface area contributed by atoms with Crippen molar-refractivity contribution in [1.82, 2.24) is 9.62 Å². The summed E-state index contributed by atoms with van der Waals surface area (Å²) in [4.78, 5) is 2.04. The van der Waals surface area contributed by atoms with E-state index in [1.165, 1.54) is 0 Å². The topological polar surface area (TPSA) is 108 Å². The molecule has 1 fully saturated rings. The number of hydrogen-bond donors (Lipinski definition) is 3. The van der Waals surface area contributed by atoms with Crippen LogP contribution in [0.3, 0.4) is 0 Å². The molecule has 0 unspecified atom stereocenters. The second-order valence-electron chi connectivity index (χ2n) is 4.85. The van der Waals surface area contributed by atoms with Crippen molar-refractivity contribution in [2.45, 2.75) is 38.0 Å². The van der Waals surface area contributed by atoms with E-state index in [-0.39, 0.29) is 11.9 Å². The summed E-state index contributed by atoms with van der Waals surface area (Å²) in [7, 11) is -3.20. The summed E-state index contributed by atoms with van der Waals surface area (Å²) in [6, 6.07) is -0.0130. The van der Waals surface area contributed by atoms with E-state index in [2.05, 4.69) is 9.88 Å². The number of likely N-dealkylation sites (tertiary alicyclic amines) is 1. The van der Waals surface area contributed by atoms with Crippen LogP contribution >= 0.6 is 0 Å². The number of oxime groups is 1. The van der Waals surface area contributed by atoms with Gasteiger partial charge in [-0.3, -0.25) is 4.90 Å². The van der Waals surface area contributed by atoms with E-state index in [0.717, 1.165) is 25.9 Å². The molecule has 7 nitrogen and oxygen atoms in total. The average Bonchev–Trinajstić information content (AvgIpc) is 2.31. The van der Waals surface area contributed by atoms with E-state index >= 15 is 0 Å². The summed E-state index contributed by atoms with van der Waals surface area (Å²) in [5.74, 6) is 0.177. The van der Waals surface area contributed by atoms with Crippen molar-refractivity contribution >= 4 is 15.9 Å². The van der Waals surface area contributed by atoms with Crippen LogP contribution in [-0.2, 0) is 10.0 Å². The zero-order valence-corrected chi connectivity index (χ0v) is 11.7. The maximum atomic E-state index is 11.7. The zero-order chi connectivity index (χ0) is 13.8. The standard InChI is InChI=1S/C10H22N4O3S/c1-8(2)18(16,17)13-9-3-5-14(6-4-9)7-10(11)12-15/h8-9,13,15H,3-7H2,1-2H3,(H2,11,12). The van der Waals surface area contributed by atoms with Gasteiger partial charge >= 0.3 is 0 Å². The summed E-state index contributed by atoms with van der Waals surface area (Å²) in [5.41, 5.74) is 5.43. The third-order valence-electron chi connectivity index (χ3n) is 3.05. The van der Waals surface area contributed by atoms with Gasteiger partial charge in [0.05, 0.1) is 11.8 Å². The third-order valence-corrected chi connectivity index (χ3v) is 4.96. The molecule has 18 heavy (non-hydrogen) atoms. The molecule has 0 saturated carbocycles. The van der Waals surface area contributed by atoms with Crippen LogP contribution in [0.4, 0.5) is 0 Å². The molecule has 0 aliphatic carbocycles. The first-order chi connectivity index (χ1) is 8.35. The summed E-state index contributed by atoms with van der Waals surface area (Å²) in [6.07, 6.45) is 1.48. The summed E-state index contributed by atoms with van der Waals surface area (Å²) >= 11 is 0. The van der Waals surface area contributed by atoms with Gasteiger partial charge in [-0.2, -0.15) is 0 Å². The van der Waals surface area contributed by atoms with Gasteiger partial charge in [-0.05, 0) is 26.7 Å². The predicted octanol–water partition coefficient (Wildman–Crippen LogP) is -0.475. The molecule has 0 amide bonds. The van der Waals surface area contributed by atoms with Gasteiger partial charge in [0.1, 0.15) is 0 Å². The lowest BCUT2D eigenvalue weighted by molar-refractivity contribution is 0.228. The minimum atomic E-state index is -3.20. The lowest BCUT2D eigenvalue weighted by atomic mass is 10.1. The predicted molar refractivity (Wildman–Crippen MR) is 70.1 cm³/mol. The minimum Gasteiger partial charge on any atom is -0.409 e. The van der Waals surface area contributed by atoms with Crippen LogP contribution in [0.1, 0.15) is 26.7 Å². The van der Waals surface area contributed by atoms with Crippen molar-refractivity contribution in [3.8, 4) is 0 Å². The van der Waals surface area contributed by atoms with Crippen molar-refractivity contribution in [2.24, 2.45) is 10.9 Å². The molecule has 0 spiro atoms. The monoisotopic (exact) mass is 278 g/mol. The minimum absolute atomic E-state index is 0.0130. The van der Waals surface area contributed by atoms with Gasteiger partial charge in [0, 0.05) is 19.1 Å². The van der Waals surface area contributed by atoms with Crippen molar-refractivity contribution in [2.75, 3.05) is 19.6 Å². The fraction of sp³-hybridized carbons (Fsp3) is 0.900. The molecular weight excluding hydrogens is 256 g/mol. The summed E-state index contributed by atoms with van der Waals surface area (Å²) < 4.78 is 26.1. The van der Waals surface area contributed by atoms with Gasteiger partial charge in [0.25, 0.3) is 0 Å². The van der Waals surface area contributed by atoms with Gasteiger partial charge in [-0.25, -0.2) is 13.1 Å². The molecule has 4 N–H and O–H groups in total. The van der Waals surface area contributed by atoms with Crippen molar-refractivity contribution in [1.29, 1.82) is 0 Å². The molecule has 1 saturated heterocycles. The largest absolute Gasteiger partial charge is 0.409 e. The highest BCUT2D eigenvalue weighted by atomic mass is 32.2. The molecule has 0 radical (unpaired) electrons. The van der Waals surface area contributed by atoms with E-state index in [1.54, 1.807) is 13.8 Å². The average molecular weight is 278 g/mol. The molecule has 0 bridgehead atoms. The summed E-state index contributed by atoms with van der Waals surface area (Å²) in [6.45, 7) is 5.22. The Morgan fingerprint density at radius 1 is 1.50 bits per heavy atom. The smallest absolute Gasteiger partial charge is 0.214 e. The Hall–Kier alpha value is -0.860. The lowest BCUT2D eigenvalue weighted by Crippen LogP contribution is -2.48. The normalized spacial score (nSPS) is 20.5. The second kappa shape index (κ2) is 6.35. The molecule has 1 heterocycles. The lowest BCUT2D eigenvalue weighted by Gasteiger charge is -2.32. The fourth-order valence-corrected chi connectivity index (χ4v) is 2.81. The molecule has 8 heteroatoms. The van der Waals surface area contributed by atoms with Crippen LogP contribution in [0.15, 0.2) is 5.16 Å². The van der Waals surface area contributed by atoms with Crippen molar-refractivity contribution < 1.29 is 13.6 Å². The van der Waals surface area contributed by atoms with Crippen molar-refractivity contribution in [3.63, 3.8) is 0 Å². The zero-order valence-electron chi connectivity index (χ0n) is 10.8. The van der Waals surface area contributed by atoms with Gasteiger partial charge < -0.3 is 10.9 Å². The molecule has 0 aromatic heterocycles. The number of nitrogens with two attached hydrogens (primary N) is 1. The third kappa shape index (κ3) is 4.43. The molecule has 106 valence electrons. The first-order valence-electron chi connectivity index (χ1n) is 6.05. The molecule has 1 rings (SSSR count). The van der Waals surface area contributed by atoms with Crippen LogP contribution in [0.2, 0.25) is 0 Å². The van der Waals surface area contributed by atoms with Gasteiger partial charge in [0.15, 0.2) is 5.84 Å². The number of piperidine rings is 1. The maximum Gasteiger partial charge on any atom is 0.214 e. The van der Waals surface area contributed by atoms with E-state index in [1.807, 2.05) is 4.90 Å². The van der Waals surface area contributed by atoms with Gasteiger partial charge in [-0.15, -0.1) is 0 Å². The highest BCUT2D eigenvalue weighted by molar-refractivity contribution is 7.90. The van der Waals surface area contributed by atoms with Crippen molar-refractivity contribution in [3.05, 3.63) is 0 Å². The Morgan fingerprint density at radius 2 is 2.06 bits per heavy atom. The Labute approximate surface area is 108 Å². The highest BCUT2D eigenvalue weighted by Gasteiger charge is 2.25. The molecule has 1 aliphatic rings. The second-order valence-corrected chi connectivity index (χ2v) is 7.12. The first kappa shape index (κ1) is 15.2. The Bertz CT molecular complexity index is 386. The molecule has 0 aromatic rings. The molecule has 0 atom stereocenters. The van der Waals surface area contributed by atoms with Gasteiger partial charge in [-0.1, -0.05) is 5.16 Å². The fourth-order valence-electron chi connectivity index (χ4n) is 1.84. The summed E-state index contributed by atoms with van der Waals surface area (Å²) in [5, 5.41) is 11.0. The van der Waals surface area contributed by atoms with E-state index < -0.39 is 15.3 Å². The molecule has 1 aliphatic heterocycles. The van der Waals surface area contributed by atoms with Crippen LogP contribution in [0.25, 0.3) is 0 Å². The molecular formula is C10H22N4O3S. The number of nitrogens with zero attached hydrogens (tertiary/aromatic N) is 2. The number of nitrogens with one attached hydrogen (secondary N) is 1. The van der Waals surface area contributed by atoms with Crippen LogP contribution in [0, 0.1) is 0 Å². The number of sulfonamides is 1. The van der Waals surface area contributed by atoms with Crippen LogP contribution in [0.5, 0.6) is 0 Å². The Morgan fingerprint density at radius 3 is 2.50 bits per heavy atom. The number of rotatable bonds is 5. The first-order valence-corrected chi connectivity index (χ1v) is 7.59. The van der Waals surface area contributed by atoms with Crippen LogP contribution < -0.4 is 10.5 Å².